The molecule has 3 rings (SSSR count). The lowest BCUT2D eigenvalue weighted by atomic mass is 9.96. The third kappa shape index (κ3) is 3.76. The zero-order valence-corrected chi connectivity index (χ0v) is 15.2. The fraction of sp³-hybridized carbons (Fsp3) is 0.938. The Morgan fingerprint density at radius 3 is 2.54 bits per heavy atom. The van der Waals surface area contributed by atoms with Crippen LogP contribution in [0.2, 0.25) is 0 Å². The van der Waals surface area contributed by atoms with Crippen LogP contribution >= 0.6 is 0 Å². The van der Waals surface area contributed by atoms with E-state index >= 15 is 0 Å². The Bertz CT molecular complexity index is 547. The van der Waals surface area contributed by atoms with Gasteiger partial charge in [-0.2, -0.15) is 4.31 Å². The number of likely N-dealkylation sites (tertiary alicyclic amines) is 1. The van der Waals surface area contributed by atoms with Crippen molar-refractivity contribution in [3.63, 3.8) is 0 Å². The number of sulfonamides is 1. The highest BCUT2D eigenvalue weighted by atomic mass is 32.2. The van der Waals surface area contributed by atoms with E-state index in [1.54, 1.807) is 0 Å². The van der Waals surface area contributed by atoms with Gasteiger partial charge in [0.2, 0.25) is 15.9 Å². The lowest BCUT2D eigenvalue weighted by Crippen LogP contribution is -2.52. The van der Waals surface area contributed by atoms with Gasteiger partial charge in [-0.3, -0.25) is 4.79 Å². The molecule has 8 heteroatoms. The van der Waals surface area contributed by atoms with Gasteiger partial charge >= 0.3 is 0 Å². The minimum atomic E-state index is -3.34. The van der Waals surface area contributed by atoms with Crippen molar-refractivity contribution in [2.24, 2.45) is 5.92 Å². The second-order valence-corrected chi connectivity index (χ2v) is 8.92. The van der Waals surface area contributed by atoms with E-state index in [1.165, 1.54) is 4.31 Å². The van der Waals surface area contributed by atoms with Crippen molar-refractivity contribution in [1.29, 1.82) is 0 Å². The summed E-state index contributed by atoms with van der Waals surface area (Å²) in [6, 6.07) is -0.522. The second-order valence-electron chi connectivity index (χ2n) is 6.88. The van der Waals surface area contributed by atoms with Gasteiger partial charge in [-0.1, -0.05) is 6.92 Å². The molecule has 0 radical (unpaired) electrons. The third-order valence-electron chi connectivity index (χ3n) is 5.11. The predicted octanol–water partition coefficient (Wildman–Crippen LogP) is 0.802. The highest BCUT2D eigenvalue weighted by molar-refractivity contribution is 7.89. The van der Waals surface area contributed by atoms with Gasteiger partial charge in [0, 0.05) is 25.6 Å². The van der Waals surface area contributed by atoms with Crippen molar-refractivity contribution >= 4 is 15.9 Å². The number of carbonyl (C=O) groups is 1. The largest absolute Gasteiger partial charge is 0.350 e. The third-order valence-corrected chi connectivity index (χ3v) is 7.19. The fourth-order valence-electron chi connectivity index (χ4n) is 3.99. The van der Waals surface area contributed by atoms with Gasteiger partial charge in [0.05, 0.1) is 19.0 Å². The van der Waals surface area contributed by atoms with Gasteiger partial charge < -0.3 is 14.4 Å². The van der Waals surface area contributed by atoms with Gasteiger partial charge in [0.1, 0.15) is 6.04 Å². The first kappa shape index (κ1) is 18.1. The van der Waals surface area contributed by atoms with Crippen molar-refractivity contribution in [3.05, 3.63) is 0 Å². The average molecular weight is 360 g/mol. The van der Waals surface area contributed by atoms with E-state index in [9.17, 15) is 13.2 Å². The Hall–Kier alpha value is -0.700. The maximum Gasteiger partial charge on any atom is 0.241 e. The van der Waals surface area contributed by atoms with Crippen LogP contribution in [-0.4, -0.2) is 74.5 Å². The molecule has 24 heavy (non-hydrogen) atoms. The number of rotatable bonds is 5. The summed E-state index contributed by atoms with van der Waals surface area (Å²) >= 11 is 0. The molecule has 0 spiro atoms. The summed E-state index contributed by atoms with van der Waals surface area (Å²) in [6.45, 7) is 4.83. The van der Waals surface area contributed by atoms with Gasteiger partial charge in [-0.15, -0.1) is 0 Å². The quantitative estimate of drug-likeness (QED) is 0.725. The highest BCUT2D eigenvalue weighted by Gasteiger charge is 2.42. The molecular formula is C16H28N2O5S. The predicted molar refractivity (Wildman–Crippen MR) is 88.8 cm³/mol. The fourth-order valence-corrected chi connectivity index (χ4v) is 5.73. The Balaban J connectivity index is 1.66. The molecule has 7 nitrogen and oxygen atoms in total. The van der Waals surface area contributed by atoms with Crippen molar-refractivity contribution in [3.8, 4) is 0 Å². The molecule has 3 aliphatic rings. The first-order valence-corrected chi connectivity index (χ1v) is 10.7. The molecule has 0 aromatic carbocycles. The van der Waals surface area contributed by atoms with Crippen molar-refractivity contribution in [2.45, 2.75) is 51.4 Å². The summed E-state index contributed by atoms with van der Waals surface area (Å²) in [6.07, 6.45) is 3.63. The molecule has 138 valence electrons. The molecule has 0 aromatic rings. The Morgan fingerprint density at radius 2 is 1.83 bits per heavy atom. The van der Waals surface area contributed by atoms with Gasteiger partial charge in [0.15, 0.2) is 6.29 Å². The van der Waals surface area contributed by atoms with Crippen molar-refractivity contribution in [2.75, 3.05) is 38.6 Å². The van der Waals surface area contributed by atoms with Gasteiger partial charge in [-0.25, -0.2) is 8.42 Å². The monoisotopic (exact) mass is 360 g/mol. The van der Waals surface area contributed by atoms with Crippen LogP contribution in [0.25, 0.3) is 0 Å². The van der Waals surface area contributed by atoms with E-state index < -0.39 is 16.1 Å². The molecule has 0 aliphatic carbocycles. The van der Waals surface area contributed by atoms with Crippen molar-refractivity contribution < 1.29 is 22.7 Å². The number of nitrogens with zero attached hydrogens (tertiary/aromatic N) is 2. The molecule has 3 fully saturated rings. The van der Waals surface area contributed by atoms with Crippen LogP contribution in [0, 0.1) is 5.92 Å². The highest BCUT2D eigenvalue weighted by Crippen LogP contribution is 2.28. The van der Waals surface area contributed by atoms with E-state index in [4.69, 9.17) is 9.47 Å². The summed E-state index contributed by atoms with van der Waals surface area (Å²) in [5.74, 6) is 0.255. The molecule has 3 heterocycles. The lowest BCUT2D eigenvalue weighted by molar-refractivity contribution is -0.142. The number of hydrogen-bond donors (Lipinski definition) is 0. The number of ether oxygens (including phenoxy) is 2. The van der Waals surface area contributed by atoms with Crippen LogP contribution in [0.15, 0.2) is 0 Å². The molecule has 0 N–H and O–H groups in total. The van der Waals surface area contributed by atoms with Gasteiger partial charge in [-0.05, 0) is 32.1 Å². The molecule has 0 saturated carbocycles. The molecule has 2 unspecified atom stereocenters. The summed E-state index contributed by atoms with van der Waals surface area (Å²) < 4.78 is 37.4. The van der Waals surface area contributed by atoms with Crippen LogP contribution in [-0.2, 0) is 24.3 Å². The normalized spacial score (nSPS) is 30.1. The van der Waals surface area contributed by atoms with E-state index in [2.05, 4.69) is 0 Å². The summed E-state index contributed by atoms with van der Waals surface area (Å²) in [5.41, 5.74) is 0. The Kier molecular flexibility index (Phi) is 5.79. The topological polar surface area (TPSA) is 76.2 Å². The van der Waals surface area contributed by atoms with Crippen LogP contribution < -0.4 is 0 Å². The molecule has 0 bridgehead atoms. The smallest absolute Gasteiger partial charge is 0.241 e. The lowest BCUT2D eigenvalue weighted by Gasteiger charge is -2.37. The van der Waals surface area contributed by atoms with Crippen LogP contribution in [0.1, 0.15) is 39.0 Å². The number of amides is 1. The standard InChI is InChI=1S/C16H28N2O5S/c1-2-11-24(20,21)18-8-4-6-14(18)15(19)17-7-3-5-13(12-17)16-22-9-10-23-16/h13-14,16H,2-12H2,1H3. The summed E-state index contributed by atoms with van der Waals surface area (Å²) in [5, 5.41) is 0. The number of hydrogen-bond acceptors (Lipinski definition) is 5. The van der Waals surface area contributed by atoms with E-state index in [0.717, 1.165) is 19.3 Å². The molecule has 0 aromatic heterocycles. The minimum Gasteiger partial charge on any atom is -0.350 e. The van der Waals surface area contributed by atoms with Crippen LogP contribution in [0.5, 0.6) is 0 Å². The summed E-state index contributed by atoms with van der Waals surface area (Å²) in [4.78, 5) is 14.8. The van der Waals surface area contributed by atoms with E-state index in [1.807, 2.05) is 11.8 Å². The Morgan fingerprint density at radius 1 is 1.12 bits per heavy atom. The molecule has 1 amide bonds. The number of piperidine rings is 1. The molecule has 3 saturated heterocycles. The first-order valence-electron chi connectivity index (χ1n) is 9.04. The SMILES string of the molecule is CCCS(=O)(=O)N1CCCC1C(=O)N1CCCC(C2OCCO2)C1. The van der Waals surface area contributed by atoms with Crippen LogP contribution in [0.3, 0.4) is 0 Å². The maximum atomic E-state index is 13.0. The molecule has 2 atom stereocenters. The minimum absolute atomic E-state index is 0.0464. The van der Waals surface area contributed by atoms with Crippen molar-refractivity contribution in [1.82, 2.24) is 9.21 Å². The maximum absolute atomic E-state index is 13.0. The van der Waals surface area contributed by atoms with Crippen LogP contribution in [0.4, 0.5) is 0 Å². The second kappa shape index (κ2) is 7.68. The summed E-state index contributed by atoms with van der Waals surface area (Å²) in [7, 11) is -3.34. The molecular weight excluding hydrogens is 332 g/mol. The average Bonchev–Trinajstić information content (AvgIpc) is 3.26. The first-order chi connectivity index (χ1) is 11.5. The Labute approximate surface area is 144 Å². The van der Waals surface area contributed by atoms with E-state index in [0.29, 0.717) is 45.7 Å². The molecule has 3 aliphatic heterocycles. The number of carbonyl (C=O) groups excluding carboxylic acids is 1. The zero-order valence-electron chi connectivity index (χ0n) is 14.4. The zero-order chi connectivity index (χ0) is 17.2. The van der Waals surface area contributed by atoms with E-state index in [-0.39, 0.29) is 23.9 Å². The van der Waals surface area contributed by atoms with Gasteiger partial charge in [0.25, 0.3) is 0 Å².